The molecule has 20 heavy (non-hydrogen) atoms. The third-order valence-electron chi connectivity index (χ3n) is 3.02. The molecule has 0 unspecified atom stereocenters. The van der Waals surface area contributed by atoms with E-state index >= 15 is 0 Å². The molecule has 2 amide bonds. The topological polar surface area (TPSA) is 76.0 Å². The molecule has 2 aromatic rings. The van der Waals surface area contributed by atoms with Crippen molar-refractivity contribution >= 4 is 17.5 Å². The van der Waals surface area contributed by atoms with Gasteiger partial charge in [-0.15, -0.1) is 0 Å². The standard InChI is InChI=1S/C14H16N4O2/c1-9-11(14(20)15-2)5-4-6-12(9)17-13(19)10-7-16-18(3)8-10/h4-8H,1-3H3,(H,15,20)(H,17,19). The van der Waals surface area contributed by atoms with E-state index in [1.54, 1.807) is 50.1 Å². The Bertz CT molecular complexity index is 661. The lowest BCUT2D eigenvalue weighted by atomic mass is 10.1. The fourth-order valence-corrected chi connectivity index (χ4v) is 1.88. The second kappa shape index (κ2) is 5.56. The molecule has 0 saturated heterocycles. The van der Waals surface area contributed by atoms with Crippen molar-refractivity contribution in [3.63, 3.8) is 0 Å². The molecule has 104 valence electrons. The zero-order valence-corrected chi connectivity index (χ0v) is 11.6. The predicted octanol–water partition coefficient (Wildman–Crippen LogP) is 1.34. The van der Waals surface area contributed by atoms with Crippen LogP contribution >= 0.6 is 0 Å². The molecule has 0 radical (unpaired) electrons. The van der Waals surface area contributed by atoms with E-state index in [-0.39, 0.29) is 11.8 Å². The molecule has 0 spiro atoms. The Morgan fingerprint density at radius 2 is 2.00 bits per heavy atom. The molecule has 0 fully saturated rings. The molecule has 1 aromatic heterocycles. The first kappa shape index (κ1) is 13.8. The minimum Gasteiger partial charge on any atom is -0.355 e. The van der Waals surface area contributed by atoms with Crippen molar-refractivity contribution in [2.75, 3.05) is 12.4 Å². The minimum absolute atomic E-state index is 0.181. The number of carbonyl (C=O) groups excluding carboxylic acids is 2. The molecule has 2 N–H and O–H groups in total. The molecule has 1 aromatic carbocycles. The monoisotopic (exact) mass is 272 g/mol. The highest BCUT2D eigenvalue weighted by molar-refractivity contribution is 6.05. The van der Waals surface area contributed by atoms with Gasteiger partial charge in [0.15, 0.2) is 0 Å². The van der Waals surface area contributed by atoms with E-state index in [0.717, 1.165) is 5.56 Å². The Morgan fingerprint density at radius 3 is 2.60 bits per heavy atom. The maximum atomic E-state index is 12.1. The van der Waals surface area contributed by atoms with E-state index in [9.17, 15) is 9.59 Å². The van der Waals surface area contributed by atoms with Crippen molar-refractivity contribution in [1.82, 2.24) is 15.1 Å². The summed E-state index contributed by atoms with van der Waals surface area (Å²) in [7, 11) is 3.32. The van der Waals surface area contributed by atoms with Gasteiger partial charge in [0, 0.05) is 31.5 Å². The highest BCUT2D eigenvalue weighted by atomic mass is 16.2. The summed E-state index contributed by atoms with van der Waals surface area (Å²) in [6.45, 7) is 1.80. The Kier molecular flexibility index (Phi) is 3.84. The van der Waals surface area contributed by atoms with Gasteiger partial charge in [-0.2, -0.15) is 5.10 Å². The lowest BCUT2D eigenvalue weighted by Gasteiger charge is -2.11. The maximum absolute atomic E-state index is 12.1. The Balaban J connectivity index is 2.26. The van der Waals surface area contributed by atoms with Gasteiger partial charge in [0.05, 0.1) is 11.8 Å². The number of anilines is 1. The second-order valence-electron chi connectivity index (χ2n) is 4.41. The summed E-state index contributed by atoms with van der Waals surface area (Å²) < 4.78 is 1.56. The number of rotatable bonds is 3. The average molecular weight is 272 g/mol. The van der Waals surface area contributed by atoms with Crippen LogP contribution in [-0.4, -0.2) is 28.6 Å². The lowest BCUT2D eigenvalue weighted by Crippen LogP contribution is -2.20. The smallest absolute Gasteiger partial charge is 0.258 e. The van der Waals surface area contributed by atoms with Gasteiger partial charge in [-0.05, 0) is 24.6 Å². The molecule has 0 aliphatic rings. The number of nitrogens with zero attached hydrogens (tertiary/aromatic N) is 2. The molecule has 0 bridgehead atoms. The van der Waals surface area contributed by atoms with E-state index in [4.69, 9.17) is 0 Å². The molecule has 0 saturated carbocycles. The first-order chi connectivity index (χ1) is 9.52. The minimum atomic E-state index is -0.254. The summed E-state index contributed by atoms with van der Waals surface area (Å²) >= 11 is 0. The van der Waals surface area contributed by atoms with Crippen molar-refractivity contribution in [1.29, 1.82) is 0 Å². The van der Waals surface area contributed by atoms with Crippen LogP contribution in [0.4, 0.5) is 5.69 Å². The Morgan fingerprint density at radius 1 is 1.25 bits per heavy atom. The van der Waals surface area contributed by atoms with Crippen molar-refractivity contribution < 1.29 is 9.59 Å². The largest absolute Gasteiger partial charge is 0.355 e. The Hall–Kier alpha value is -2.63. The summed E-state index contributed by atoms with van der Waals surface area (Å²) in [6, 6.07) is 5.21. The first-order valence-corrected chi connectivity index (χ1v) is 6.14. The SMILES string of the molecule is CNC(=O)c1cccc(NC(=O)c2cnn(C)c2)c1C. The van der Waals surface area contributed by atoms with Gasteiger partial charge in [-0.1, -0.05) is 6.07 Å². The van der Waals surface area contributed by atoms with Crippen molar-refractivity contribution in [3.05, 3.63) is 47.3 Å². The van der Waals surface area contributed by atoms with E-state index in [2.05, 4.69) is 15.7 Å². The molecule has 0 aliphatic carbocycles. The summed E-state index contributed by atoms with van der Waals surface area (Å²) in [5.41, 5.74) is 2.35. The second-order valence-corrected chi connectivity index (χ2v) is 4.41. The Labute approximate surface area is 116 Å². The summed E-state index contributed by atoms with van der Waals surface area (Å²) in [5.74, 6) is -0.435. The van der Waals surface area contributed by atoms with Gasteiger partial charge in [0.2, 0.25) is 0 Å². The number of amides is 2. The molecule has 2 rings (SSSR count). The molecular formula is C14H16N4O2. The van der Waals surface area contributed by atoms with Crippen LogP contribution < -0.4 is 10.6 Å². The lowest BCUT2D eigenvalue weighted by molar-refractivity contribution is 0.0960. The molecule has 6 nitrogen and oxygen atoms in total. The number of nitrogens with one attached hydrogen (secondary N) is 2. The fraction of sp³-hybridized carbons (Fsp3) is 0.214. The van der Waals surface area contributed by atoms with Crippen LogP contribution in [0, 0.1) is 6.92 Å². The third kappa shape index (κ3) is 2.69. The zero-order valence-electron chi connectivity index (χ0n) is 11.6. The molecule has 1 heterocycles. The van der Waals surface area contributed by atoms with Crippen molar-refractivity contribution in [3.8, 4) is 0 Å². The molecule has 0 aliphatic heterocycles. The van der Waals surface area contributed by atoms with Gasteiger partial charge >= 0.3 is 0 Å². The summed E-state index contributed by atoms with van der Waals surface area (Å²) in [5, 5.41) is 9.31. The van der Waals surface area contributed by atoms with Crippen LogP contribution in [0.1, 0.15) is 26.3 Å². The van der Waals surface area contributed by atoms with Gasteiger partial charge in [0.1, 0.15) is 0 Å². The van der Waals surface area contributed by atoms with Crippen molar-refractivity contribution in [2.45, 2.75) is 6.92 Å². The van der Waals surface area contributed by atoms with E-state index < -0.39 is 0 Å². The number of aromatic nitrogens is 2. The van der Waals surface area contributed by atoms with Gasteiger partial charge < -0.3 is 10.6 Å². The molecular weight excluding hydrogens is 256 g/mol. The van der Waals surface area contributed by atoms with Crippen LogP contribution in [0.25, 0.3) is 0 Å². The summed E-state index contributed by atoms with van der Waals surface area (Å²) in [6.07, 6.45) is 3.13. The van der Waals surface area contributed by atoms with Crippen LogP contribution in [0.5, 0.6) is 0 Å². The molecule has 0 atom stereocenters. The number of hydrogen-bond acceptors (Lipinski definition) is 3. The van der Waals surface area contributed by atoms with Crippen LogP contribution in [0.2, 0.25) is 0 Å². The first-order valence-electron chi connectivity index (χ1n) is 6.14. The number of carbonyl (C=O) groups is 2. The normalized spacial score (nSPS) is 10.2. The fourth-order valence-electron chi connectivity index (χ4n) is 1.88. The van der Waals surface area contributed by atoms with Crippen molar-refractivity contribution in [2.24, 2.45) is 7.05 Å². The van der Waals surface area contributed by atoms with Crippen LogP contribution in [0.15, 0.2) is 30.6 Å². The van der Waals surface area contributed by atoms with Gasteiger partial charge in [0.25, 0.3) is 11.8 Å². The number of benzene rings is 1. The average Bonchev–Trinajstić information content (AvgIpc) is 2.87. The van der Waals surface area contributed by atoms with E-state index in [0.29, 0.717) is 16.8 Å². The highest BCUT2D eigenvalue weighted by Gasteiger charge is 2.13. The van der Waals surface area contributed by atoms with E-state index in [1.165, 1.54) is 6.20 Å². The number of aryl methyl sites for hydroxylation is 1. The number of hydrogen-bond donors (Lipinski definition) is 2. The van der Waals surface area contributed by atoms with Crippen LogP contribution in [-0.2, 0) is 7.05 Å². The zero-order chi connectivity index (χ0) is 14.7. The van der Waals surface area contributed by atoms with Gasteiger partial charge in [-0.3, -0.25) is 14.3 Å². The molecule has 6 heteroatoms. The van der Waals surface area contributed by atoms with Gasteiger partial charge in [-0.25, -0.2) is 0 Å². The highest BCUT2D eigenvalue weighted by Crippen LogP contribution is 2.19. The maximum Gasteiger partial charge on any atom is 0.258 e. The quantitative estimate of drug-likeness (QED) is 0.885. The predicted molar refractivity (Wildman–Crippen MR) is 75.7 cm³/mol. The van der Waals surface area contributed by atoms with E-state index in [1.807, 2.05) is 0 Å². The third-order valence-corrected chi connectivity index (χ3v) is 3.02. The van der Waals surface area contributed by atoms with Crippen LogP contribution in [0.3, 0.4) is 0 Å². The summed E-state index contributed by atoms with van der Waals surface area (Å²) in [4.78, 5) is 23.8.